The monoisotopic (exact) mass is 303 g/mol. The lowest BCUT2D eigenvalue weighted by Crippen LogP contribution is -2.34. The van der Waals surface area contributed by atoms with Gasteiger partial charge in [0.05, 0.1) is 11.5 Å². The molecule has 106 valence electrons. The number of hydrogen-bond donors (Lipinski definition) is 0. The summed E-state index contributed by atoms with van der Waals surface area (Å²) in [5.74, 6) is 1.85. The molecule has 1 unspecified atom stereocenters. The van der Waals surface area contributed by atoms with Gasteiger partial charge in [0.15, 0.2) is 9.84 Å². The van der Waals surface area contributed by atoms with E-state index in [1.54, 1.807) is 0 Å². The van der Waals surface area contributed by atoms with Gasteiger partial charge in [-0.1, -0.05) is 18.5 Å². The largest absolute Gasteiger partial charge is 0.355 e. The molecule has 0 N–H and O–H groups in total. The van der Waals surface area contributed by atoms with Gasteiger partial charge in [-0.25, -0.2) is 18.4 Å². The standard InChI is InChI=1S/C12H18ClN3O2S/c1-4-10-14-11(13)8(2)12(15-10)16(3)9-5-6-19(17,18)7-9/h9H,4-7H2,1-3H3. The first kappa shape index (κ1) is 14.5. The van der Waals surface area contributed by atoms with E-state index in [0.717, 1.165) is 11.4 Å². The lowest BCUT2D eigenvalue weighted by molar-refractivity contribution is 0.600. The van der Waals surface area contributed by atoms with Gasteiger partial charge in [-0.2, -0.15) is 0 Å². The molecular formula is C12H18ClN3O2S. The topological polar surface area (TPSA) is 63.2 Å². The zero-order valence-corrected chi connectivity index (χ0v) is 12.9. The Morgan fingerprint density at radius 1 is 1.42 bits per heavy atom. The van der Waals surface area contributed by atoms with Crippen molar-refractivity contribution >= 4 is 27.3 Å². The van der Waals surface area contributed by atoms with E-state index in [4.69, 9.17) is 11.6 Å². The molecule has 1 aromatic heterocycles. The summed E-state index contributed by atoms with van der Waals surface area (Å²) >= 11 is 6.11. The number of hydrogen-bond acceptors (Lipinski definition) is 5. The first-order chi connectivity index (χ1) is 8.84. The third-order valence-corrected chi connectivity index (χ3v) is 5.63. The highest BCUT2D eigenvalue weighted by molar-refractivity contribution is 7.91. The van der Waals surface area contributed by atoms with Crippen molar-refractivity contribution in [2.75, 3.05) is 23.5 Å². The van der Waals surface area contributed by atoms with Crippen LogP contribution in [-0.4, -0.2) is 43.0 Å². The lowest BCUT2D eigenvalue weighted by Gasteiger charge is -2.26. The van der Waals surface area contributed by atoms with Crippen LogP contribution in [-0.2, 0) is 16.3 Å². The van der Waals surface area contributed by atoms with Crippen LogP contribution in [0.2, 0.25) is 5.15 Å². The molecule has 1 saturated heterocycles. The zero-order chi connectivity index (χ0) is 14.2. The van der Waals surface area contributed by atoms with Gasteiger partial charge in [0, 0.05) is 25.1 Å². The van der Waals surface area contributed by atoms with Gasteiger partial charge in [0.25, 0.3) is 0 Å². The van der Waals surface area contributed by atoms with E-state index in [-0.39, 0.29) is 17.5 Å². The molecule has 5 nitrogen and oxygen atoms in total. The van der Waals surface area contributed by atoms with Crippen LogP contribution < -0.4 is 4.90 Å². The van der Waals surface area contributed by atoms with Crippen LogP contribution in [0.4, 0.5) is 5.82 Å². The number of anilines is 1. The van der Waals surface area contributed by atoms with Gasteiger partial charge in [0.1, 0.15) is 16.8 Å². The van der Waals surface area contributed by atoms with Crippen LogP contribution in [0.3, 0.4) is 0 Å². The van der Waals surface area contributed by atoms with E-state index in [9.17, 15) is 8.42 Å². The first-order valence-electron chi connectivity index (χ1n) is 6.30. The van der Waals surface area contributed by atoms with Crippen molar-refractivity contribution in [2.45, 2.75) is 32.7 Å². The smallest absolute Gasteiger partial charge is 0.152 e. The molecular weight excluding hydrogens is 286 g/mol. The SMILES string of the molecule is CCc1nc(Cl)c(C)c(N(C)C2CCS(=O)(=O)C2)n1. The molecule has 2 heterocycles. The maximum absolute atomic E-state index is 11.6. The summed E-state index contributed by atoms with van der Waals surface area (Å²) in [6.45, 7) is 3.82. The van der Waals surface area contributed by atoms with Gasteiger partial charge in [-0.3, -0.25) is 0 Å². The molecule has 0 saturated carbocycles. The molecule has 7 heteroatoms. The maximum atomic E-state index is 11.6. The molecule has 0 aromatic carbocycles. The van der Waals surface area contributed by atoms with Crippen molar-refractivity contribution in [3.8, 4) is 0 Å². The molecule has 2 rings (SSSR count). The molecule has 0 bridgehead atoms. The third-order valence-electron chi connectivity index (χ3n) is 3.51. The molecule has 0 amide bonds. The van der Waals surface area contributed by atoms with Crippen molar-refractivity contribution in [1.29, 1.82) is 0 Å². The minimum absolute atomic E-state index is 0.0284. The van der Waals surface area contributed by atoms with Crippen molar-refractivity contribution < 1.29 is 8.42 Å². The third kappa shape index (κ3) is 3.00. The molecule has 19 heavy (non-hydrogen) atoms. The predicted octanol–water partition coefficient (Wildman–Crippen LogP) is 1.62. The molecule has 1 atom stereocenters. The molecule has 0 aliphatic carbocycles. The molecule has 1 aromatic rings. The number of aryl methyl sites for hydroxylation is 1. The Kier molecular flexibility index (Phi) is 4.01. The fourth-order valence-electron chi connectivity index (χ4n) is 2.28. The van der Waals surface area contributed by atoms with E-state index >= 15 is 0 Å². The van der Waals surface area contributed by atoms with Crippen molar-refractivity contribution in [1.82, 2.24) is 9.97 Å². The Morgan fingerprint density at radius 2 is 2.11 bits per heavy atom. The van der Waals surface area contributed by atoms with Crippen LogP contribution in [0.25, 0.3) is 0 Å². The van der Waals surface area contributed by atoms with Crippen LogP contribution in [0.5, 0.6) is 0 Å². The summed E-state index contributed by atoms with van der Waals surface area (Å²) in [7, 11) is -1.03. The molecule has 0 radical (unpaired) electrons. The van der Waals surface area contributed by atoms with Gasteiger partial charge in [0.2, 0.25) is 0 Å². The summed E-state index contributed by atoms with van der Waals surface area (Å²) < 4.78 is 23.1. The Balaban J connectivity index is 2.33. The summed E-state index contributed by atoms with van der Waals surface area (Å²) in [5, 5.41) is 0.439. The lowest BCUT2D eigenvalue weighted by atomic mass is 10.2. The van der Waals surface area contributed by atoms with Crippen molar-refractivity contribution in [3.63, 3.8) is 0 Å². The Morgan fingerprint density at radius 3 is 2.63 bits per heavy atom. The summed E-state index contributed by atoms with van der Waals surface area (Å²) in [6, 6.07) is -0.0284. The number of nitrogens with zero attached hydrogens (tertiary/aromatic N) is 3. The van der Waals surface area contributed by atoms with E-state index < -0.39 is 9.84 Å². The molecule has 1 aliphatic rings. The fraction of sp³-hybridized carbons (Fsp3) is 0.667. The van der Waals surface area contributed by atoms with Gasteiger partial charge in [-0.05, 0) is 13.3 Å². The van der Waals surface area contributed by atoms with Crippen molar-refractivity contribution in [3.05, 3.63) is 16.5 Å². The van der Waals surface area contributed by atoms with Gasteiger partial charge >= 0.3 is 0 Å². The highest BCUT2D eigenvalue weighted by atomic mass is 35.5. The van der Waals surface area contributed by atoms with Crippen LogP contribution >= 0.6 is 11.6 Å². The Labute approximate surface area is 118 Å². The second-order valence-electron chi connectivity index (χ2n) is 4.90. The van der Waals surface area contributed by atoms with E-state index in [0.29, 0.717) is 23.8 Å². The van der Waals surface area contributed by atoms with Crippen LogP contribution in [0.1, 0.15) is 24.7 Å². The van der Waals surface area contributed by atoms with Crippen molar-refractivity contribution in [2.24, 2.45) is 0 Å². The normalized spacial score (nSPS) is 21.6. The number of halogens is 1. The zero-order valence-electron chi connectivity index (χ0n) is 11.4. The maximum Gasteiger partial charge on any atom is 0.152 e. The van der Waals surface area contributed by atoms with E-state index in [2.05, 4.69) is 9.97 Å². The Bertz CT molecular complexity index is 589. The summed E-state index contributed by atoms with van der Waals surface area (Å²) in [5.41, 5.74) is 0.797. The average Bonchev–Trinajstić information content (AvgIpc) is 2.72. The van der Waals surface area contributed by atoms with Gasteiger partial charge in [-0.15, -0.1) is 0 Å². The van der Waals surface area contributed by atoms with Crippen LogP contribution in [0.15, 0.2) is 0 Å². The second-order valence-corrected chi connectivity index (χ2v) is 7.49. The first-order valence-corrected chi connectivity index (χ1v) is 8.50. The molecule has 1 fully saturated rings. The van der Waals surface area contributed by atoms with E-state index in [1.807, 2.05) is 25.8 Å². The van der Waals surface area contributed by atoms with Crippen LogP contribution in [0, 0.1) is 6.92 Å². The van der Waals surface area contributed by atoms with Gasteiger partial charge < -0.3 is 4.90 Å². The van der Waals surface area contributed by atoms with E-state index in [1.165, 1.54) is 0 Å². The average molecular weight is 304 g/mol. The highest BCUT2D eigenvalue weighted by Gasteiger charge is 2.32. The highest BCUT2D eigenvalue weighted by Crippen LogP contribution is 2.27. The quantitative estimate of drug-likeness (QED) is 0.794. The number of sulfone groups is 1. The number of aromatic nitrogens is 2. The summed E-state index contributed by atoms with van der Waals surface area (Å²) in [6.07, 6.45) is 1.34. The molecule has 0 spiro atoms. The fourth-order valence-corrected chi connectivity index (χ4v) is 4.23. The second kappa shape index (κ2) is 5.25. The Hall–Kier alpha value is -0.880. The predicted molar refractivity (Wildman–Crippen MR) is 76.6 cm³/mol. The molecule has 1 aliphatic heterocycles. The number of rotatable bonds is 3. The minimum atomic E-state index is -2.91. The summed E-state index contributed by atoms with van der Waals surface area (Å²) in [4.78, 5) is 10.6. The minimum Gasteiger partial charge on any atom is -0.355 e.